The maximum atomic E-state index is 12.0. The molecule has 0 radical (unpaired) electrons. The molecular formula is C9H13ClFNO3. The van der Waals surface area contributed by atoms with E-state index in [2.05, 4.69) is 0 Å². The Morgan fingerprint density at radius 1 is 1.20 bits per heavy atom. The zero-order valence-corrected chi connectivity index (χ0v) is 8.67. The Hall–Kier alpha value is -1.20. The van der Waals surface area contributed by atoms with Gasteiger partial charge in [-0.25, -0.2) is 0 Å². The second kappa shape index (κ2) is 5.63. The predicted molar refractivity (Wildman–Crippen MR) is 56.2 cm³/mol. The van der Waals surface area contributed by atoms with Crippen molar-refractivity contribution in [1.29, 1.82) is 0 Å². The van der Waals surface area contributed by atoms with Crippen molar-refractivity contribution in [1.82, 2.24) is 0 Å². The lowest BCUT2D eigenvalue weighted by molar-refractivity contribution is 0.360. The summed E-state index contributed by atoms with van der Waals surface area (Å²) in [6, 6.07) is 1.86. The Morgan fingerprint density at radius 2 is 1.80 bits per heavy atom. The summed E-state index contributed by atoms with van der Waals surface area (Å²) in [5.74, 6) is -1.55. The number of halogens is 2. The number of benzene rings is 1. The van der Waals surface area contributed by atoms with Gasteiger partial charge in [0.2, 0.25) is 5.75 Å². The van der Waals surface area contributed by atoms with E-state index in [-0.39, 0.29) is 24.4 Å². The third kappa shape index (κ3) is 2.87. The fourth-order valence-corrected chi connectivity index (χ4v) is 1.16. The molecule has 0 fully saturated rings. The number of hydrogen-bond donors (Lipinski definition) is 4. The number of phenolic OH excluding ortho intramolecular Hbond substituents is 3. The fraction of sp³-hybridized carbons (Fsp3) is 0.333. The van der Waals surface area contributed by atoms with E-state index in [1.165, 1.54) is 12.1 Å². The predicted octanol–water partition coefficient (Wildman–Crippen LogP) is 1.58. The van der Waals surface area contributed by atoms with Gasteiger partial charge in [-0.3, -0.25) is 4.39 Å². The standard InChI is InChI=1S/C9H12FNO3.ClH/c10-4-3-6(11)5-1-2-7(12)9(14)8(5)13;/h1-2,6,12-14H,3-4,11H2;1H/t6-;/m1./s1. The average Bonchev–Trinajstić information content (AvgIpc) is 2.15. The second-order valence-corrected chi connectivity index (χ2v) is 2.96. The average molecular weight is 238 g/mol. The van der Waals surface area contributed by atoms with Crippen LogP contribution in [0.25, 0.3) is 0 Å². The molecule has 0 amide bonds. The van der Waals surface area contributed by atoms with Crippen molar-refractivity contribution in [2.45, 2.75) is 12.5 Å². The zero-order chi connectivity index (χ0) is 10.7. The van der Waals surface area contributed by atoms with E-state index in [0.717, 1.165) is 0 Å². The molecule has 0 aliphatic rings. The molecule has 6 heteroatoms. The molecule has 1 atom stereocenters. The Kier molecular flexibility index (Phi) is 5.18. The normalized spacial score (nSPS) is 11.9. The molecule has 0 bridgehead atoms. The maximum absolute atomic E-state index is 12.0. The van der Waals surface area contributed by atoms with Gasteiger partial charge in [0.25, 0.3) is 0 Å². The van der Waals surface area contributed by atoms with Gasteiger partial charge in [0.15, 0.2) is 11.5 Å². The number of alkyl halides is 1. The fourth-order valence-electron chi connectivity index (χ4n) is 1.16. The van der Waals surface area contributed by atoms with Crippen LogP contribution in [-0.2, 0) is 0 Å². The van der Waals surface area contributed by atoms with Gasteiger partial charge in [-0.05, 0) is 18.6 Å². The lowest BCUT2D eigenvalue weighted by Gasteiger charge is -2.13. The highest BCUT2D eigenvalue weighted by Gasteiger charge is 2.16. The number of nitrogens with two attached hydrogens (primary N) is 1. The number of rotatable bonds is 3. The van der Waals surface area contributed by atoms with Gasteiger partial charge in [0, 0.05) is 11.6 Å². The molecule has 0 saturated carbocycles. The highest BCUT2D eigenvalue weighted by molar-refractivity contribution is 5.85. The van der Waals surface area contributed by atoms with Crippen LogP contribution in [0.5, 0.6) is 17.2 Å². The van der Waals surface area contributed by atoms with E-state index in [0.29, 0.717) is 0 Å². The summed E-state index contributed by atoms with van der Waals surface area (Å²) in [6.45, 7) is -0.609. The largest absolute Gasteiger partial charge is 0.504 e. The van der Waals surface area contributed by atoms with Crippen LogP contribution < -0.4 is 5.73 Å². The molecular weight excluding hydrogens is 225 g/mol. The van der Waals surface area contributed by atoms with Gasteiger partial charge in [0.1, 0.15) is 0 Å². The van der Waals surface area contributed by atoms with Crippen molar-refractivity contribution in [3.8, 4) is 17.2 Å². The molecule has 0 aliphatic heterocycles. The SMILES string of the molecule is Cl.N[C@H](CCF)c1ccc(O)c(O)c1O. The molecule has 0 unspecified atom stereocenters. The molecule has 86 valence electrons. The van der Waals surface area contributed by atoms with E-state index in [1.807, 2.05) is 0 Å². The van der Waals surface area contributed by atoms with Crippen LogP contribution in [-0.4, -0.2) is 22.0 Å². The first-order valence-electron chi connectivity index (χ1n) is 4.13. The van der Waals surface area contributed by atoms with Crippen LogP contribution >= 0.6 is 12.4 Å². The quantitative estimate of drug-likeness (QED) is 0.602. The van der Waals surface area contributed by atoms with E-state index in [9.17, 15) is 9.50 Å². The minimum atomic E-state index is -0.688. The second-order valence-electron chi connectivity index (χ2n) is 2.96. The van der Waals surface area contributed by atoms with Crippen LogP contribution in [0.3, 0.4) is 0 Å². The lowest BCUT2D eigenvalue weighted by atomic mass is 10.0. The van der Waals surface area contributed by atoms with Gasteiger partial charge in [-0.15, -0.1) is 12.4 Å². The number of aromatic hydroxyl groups is 3. The molecule has 0 heterocycles. The topological polar surface area (TPSA) is 86.7 Å². The van der Waals surface area contributed by atoms with Crippen LogP contribution in [0.1, 0.15) is 18.0 Å². The molecule has 1 rings (SSSR count). The van der Waals surface area contributed by atoms with Gasteiger partial charge in [0.05, 0.1) is 6.67 Å². The molecule has 0 aromatic heterocycles. The third-order valence-electron chi connectivity index (χ3n) is 1.98. The highest BCUT2D eigenvalue weighted by Crippen LogP contribution is 2.39. The van der Waals surface area contributed by atoms with Gasteiger partial charge in [-0.2, -0.15) is 0 Å². The minimum Gasteiger partial charge on any atom is -0.504 e. The number of hydrogen-bond acceptors (Lipinski definition) is 4. The summed E-state index contributed by atoms with van der Waals surface area (Å²) in [7, 11) is 0. The third-order valence-corrected chi connectivity index (χ3v) is 1.98. The molecule has 0 aliphatic carbocycles. The molecule has 0 spiro atoms. The zero-order valence-electron chi connectivity index (χ0n) is 7.85. The molecule has 4 nitrogen and oxygen atoms in total. The number of phenols is 3. The Morgan fingerprint density at radius 3 is 2.33 bits per heavy atom. The van der Waals surface area contributed by atoms with Gasteiger partial charge >= 0.3 is 0 Å². The summed E-state index contributed by atoms with van der Waals surface area (Å²) < 4.78 is 12.0. The van der Waals surface area contributed by atoms with Crippen LogP contribution in [0.15, 0.2) is 12.1 Å². The Balaban J connectivity index is 0.00000196. The Labute approximate surface area is 92.6 Å². The minimum absolute atomic E-state index is 0. The van der Waals surface area contributed by atoms with Crippen LogP contribution in [0, 0.1) is 0 Å². The first-order chi connectivity index (χ1) is 6.57. The van der Waals surface area contributed by atoms with E-state index in [1.54, 1.807) is 0 Å². The van der Waals surface area contributed by atoms with Crippen LogP contribution in [0.2, 0.25) is 0 Å². The van der Waals surface area contributed by atoms with Gasteiger partial charge in [-0.1, -0.05) is 0 Å². The summed E-state index contributed by atoms with van der Waals surface area (Å²) in [5.41, 5.74) is 5.75. The molecule has 1 aromatic rings. The Bertz CT molecular complexity index is 335. The van der Waals surface area contributed by atoms with Crippen molar-refractivity contribution in [3.05, 3.63) is 17.7 Å². The smallest absolute Gasteiger partial charge is 0.200 e. The molecule has 1 aromatic carbocycles. The molecule has 15 heavy (non-hydrogen) atoms. The van der Waals surface area contributed by atoms with Crippen molar-refractivity contribution in [2.75, 3.05) is 6.67 Å². The summed E-state index contributed by atoms with van der Waals surface area (Å²) >= 11 is 0. The van der Waals surface area contributed by atoms with Gasteiger partial charge < -0.3 is 21.1 Å². The van der Waals surface area contributed by atoms with Crippen LogP contribution in [0.4, 0.5) is 4.39 Å². The summed E-state index contributed by atoms with van der Waals surface area (Å²) in [4.78, 5) is 0. The first kappa shape index (κ1) is 13.8. The van der Waals surface area contributed by atoms with Crippen molar-refractivity contribution < 1.29 is 19.7 Å². The highest BCUT2D eigenvalue weighted by atomic mass is 35.5. The first-order valence-corrected chi connectivity index (χ1v) is 4.13. The summed E-state index contributed by atoms with van der Waals surface area (Å²) in [5, 5.41) is 27.5. The van der Waals surface area contributed by atoms with E-state index in [4.69, 9.17) is 15.9 Å². The lowest BCUT2D eigenvalue weighted by Crippen LogP contribution is -2.11. The van der Waals surface area contributed by atoms with Crippen molar-refractivity contribution >= 4 is 12.4 Å². The van der Waals surface area contributed by atoms with Crippen molar-refractivity contribution in [2.24, 2.45) is 5.73 Å². The van der Waals surface area contributed by atoms with E-state index >= 15 is 0 Å². The van der Waals surface area contributed by atoms with Crippen molar-refractivity contribution in [3.63, 3.8) is 0 Å². The maximum Gasteiger partial charge on any atom is 0.200 e. The molecule has 0 saturated heterocycles. The molecule has 5 N–H and O–H groups in total. The monoisotopic (exact) mass is 237 g/mol. The van der Waals surface area contributed by atoms with E-state index < -0.39 is 30.0 Å². The summed E-state index contributed by atoms with van der Waals surface area (Å²) in [6.07, 6.45) is 0.0533.